The number of hydrogen-bond acceptors (Lipinski definition) is 1. The molecule has 1 nitrogen and oxygen atoms in total. The molecule has 0 bridgehead atoms. The molecule has 0 N–H and O–H groups in total. The SMILES string of the molecule is [CH]C1CCCC1c1ccc2ccnc(C)c2c1. The van der Waals surface area contributed by atoms with E-state index in [1.807, 2.05) is 6.20 Å². The predicted octanol–water partition coefficient (Wildman–Crippen LogP) is 4.14. The number of hydrogen-bond donors (Lipinski definition) is 0. The number of rotatable bonds is 1. The van der Waals surface area contributed by atoms with Crippen molar-refractivity contribution >= 4 is 10.8 Å². The van der Waals surface area contributed by atoms with Crippen molar-refractivity contribution in [3.05, 3.63) is 48.6 Å². The van der Waals surface area contributed by atoms with Crippen molar-refractivity contribution in [3.63, 3.8) is 0 Å². The molecule has 0 saturated heterocycles. The van der Waals surface area contributed by atoms with Gasteiger partial charge >= 0.3 is 0 Å². The molecule has 2 aromatic rings. The third-order valence-corrected chi connectivity index (χ3v) is 3.99. The van der Waals surface area contributed by atoms with Crippen molar-refractivity contribution < 1.29 is 0 Å². The molecule has 2 atom stereocenters. The maximum absolute atomic E-state index is 6.18. The van der Waals surface area contributed by atoms with E-state index >= 15 is 0 Å². The van der Waals surface area contributed by atoms with Gasteiger partial charge in [0.25, 0.3) is 0 Å². The predicted molar refractivity (Wildman–Crippen MR) is 70.9 cm³/mol. The Morgan fingerprint density at radius 2 is 2.12 bits per heavy atom. The van der Waals surface area contributed by atoms with Gasteiger partial charge in [-0.1, -0.05) is 18.6 Å². The number of pyridine rings is 1. The first-order valence-corrected chi connectivity index (χ1v) is 6.36. The summed E-state index contributed by atoms with van der Waals surface area (Å²) in [7, 11) is 0. The van der Waals surface area contributed by atoms with Crippen molar-refractivity contribution in [1.82, 2.24) is 4.98 Å². The zero-order valence-electron chi connectivity index (χ0n) is 10.2. The minimum absolute atomic E-state index is 0.337. The molecule has 0 amide bonds. The second-order valence-electron chi connectivity index (χ2n) is 5.08. The molecule has 2 radical (unpaired) electrons. The summed E-state index contributed by atoms with van der Waals surface area (Å²) in [6.45, 7) is 8.25. The minimum atomic E-state index is 0.337. The normalized spacial score (nSPS) is 24.4. The highest BCUT2D eigenvalue weighted by molar-refractivity contribution is 5.84. The Hall–Kier alpha value is -1.37. The highest BCUT2D eigenvalue weighted by atomic mass is 14.7. The summed E-state index contributed by atoms with van der Waals surface area (Å²) in [5.74, 6) is 0.878. The fourth-order valence-corrected chi connectivity index (χ4v) is 2.96. The number of aromatic nitrogens is 1. The first-order chi connectivity index (χ1) is 8.25. The van der Waals surface area contributed by atoms with Crippen LogP contribution in [0.15, 0.2) is 30.5 Å². The minimum Gasteiger partial charge on any atom is -0.261 e. The first kappa shape index (κ1) is 10.8. The molecule has 2 unspecified atom stereocenters. The molecule has 1 heteroatoms. The van der Waals surface area contributed by atoms with Crippen LogP contribution in [0.5, 0.6) is 0 Å². The van der Waals surface area contributed by atoms with Gasteiger partial charge in [-0.25, -0.2) is 0 Å². The highest BCUT2D eigenvalue weighted by Gasteiger charge is 2.25. The van der Waals surface area contributed by atoms with Gasteiger partial charge in [-0.3, -0.25) is 4.98 Å². The summed E-state index contributed by atoms with van der Waals surface area (Å²) in [5, 5.41) is 2.54. The molecular formula is C16H17N. The van der Waals surface area contributed by atoms with Crippen LogP contribution in [-0.2, 0) is 0 Å². The molecule has 1 heterocycles. The Kier molecular flexibility index (Phi) is 2.62. The van der Waals surface area contributed by atoms with E-state index in [4.69, 9.17) is 6.92 Å². The van der Waals surface area contributed by atoms with E-state index in [9.17, 15) is 0 Å². The van der Waals surface area contributed by atoms with Gasteiger partial charge in [0.2, 0.25) is 0 Å². The Balaban J connectivity index is 2.09. The maximum Gasteiger partial charge on any atom is 0.0451 e. The second kappa shape index (κ2) is 4.14. The Bertz CT molecular complexity index is 544. The van der Waals surface area contributed by atoms with Gasteiger partial charge in [-0.2, -0.15) is 0 Å². The van der Waals surface area contributed by atoms with Crippen LogP contribution in [0.4, 0.5) is 0 Å². The molecule has 17 heavy (non-hydrogen) atoms. The summed E-state index contributed by atoms with van der Waals surface area (Å²) >= 11 is 0. The number of benzene rings is 1. The van der Waals surface area contributed by atoms with E-state index in [1.165, 1.54) is 29.2 Å². The Morgan fingerprint density at radius 1 is 1.24 bits per heavy atom. The van der Waals surface area contributed by atoms with Crippen molar-refractivity contribution in [1.29, 1.82) is 0 Å². The lowest BCUT2D eigenvalue weighted by Gasteiger charge is -2.16. The zero-order chi connectivity index (χ0) is 11.8. The summed E-state index contributed by atoms with van der Waals surface area (Å²) in [6, 6.07) is 8.79. The van der Waals surface area contributed by atoms with E-state index < -0.39 is 0 Å². The molecular weight excluding hydrogens is 206 g/mol. The summed E-state index contributed by atoms with van der Waals surface area (Å²) in [4.78, 5) is 4.36. The third kappa shape index (κ3) is 1.84. The van der Waals surface area contributed by atoms with Crippen LogP contribution in [0.3, 0.4) is 0 Å². The van der Waals surface area contributed by atoms with Gasteiger partial charge < -0.3 is 0 Å². The van der Waals surface area contributed by atoms with E-state index in [-0.39, 0.29) is 0 Å². The smallest absolute Gasteiger partial charge is 0.0451 e. The zero-order valence-corrected chi connectivity index (χ0v) is 10.2. The largest absolute Gasteiger partial charge is 0.261 e. The van der Waals surface area contributed by atoms with E-state index in [0.29, 0.717) is 11.8 Å². The van der Waals surface area contributed by atoms with Crippen LogP contribution in [0.2, 0.25) is 0 Å². The summed E-state index contributed by atoms with van der Waals surface area (Å²) in [6.07, 6.45) is 5.52. The molecule has 0 spiro atoms. The van der Waals surface area contributed by atoms with E-state index in [0.717, 1.165) is 12.1 Å². The lowest BCUT2D eigenvalue weighted by molar-refractivity contribution is 0.587. The summed E-state index contributed by atoms with van der Waals surface area (Å²) in [5.41, 5.74) is 2.49. The lowest BCUT2D eigenvalue weighted by Crippen LogP contribution is -2.02. The lowest BCUT2D eigenvalue weighted by atomic mass is 9.89. The molecule has 1 aliphatic carbocycles. The third-order valence-electron chi connectivity index (χ3n) is 3.99. The van der Waals surface area contributed by atoms with Crippen molar-refractivity contribution in [2.75, 3.05) is 0 Å². The summed E-state index contributed by atoms with van der Waals surface area (Å²) < 4.78 is 0. The molecule has 1 fully saturated rings. The monoisotopic (exact) mass is 223 g/mol. The second-order valence-corrected chi connectivity index (χ2v) is 5.08. The first-order valence-electron chi connectivity index (χ1n) is 6.36. The van der Waals surface area contributed by atoms with Gasteiger partial charge in [0.15, 0.2) is 0 Å². The van der Waals surface area contributed by atoms with Gasteiger partial charge in [-0.05, 0) is 61.6 Å². The molecule has 0 aliphatic heterocycles. The average Bonchev–Trinajstić information content (AvgIpc) is 2.76. The molecule has 1 aromatic heterocycles. The fourth-order valence-electron chi connectivity index (χ4n) is 2.96. The molecule has 86 valence electrons. The molecule has 1 saturated carbocycles. The van der Waals surface area contributed by atoms with Gasteiger partial charge in [-0.15, -0.1) is 0 Å². The van der Waals surface area contributed by atoms with Crippen molar-refractivity contribution in [2.45, 2.75) is 32.1 Å². The average molecular weight is 223 g/mol. The van der Waals surface area contributed by atoms with Crippen LogP contribution < -0.4 is 0 Å². The van der Waals surface area contributed by atoms with Gasteiger partial charge in [0.1, 0.15) is 0 Å². The van der Waals surface area contributed by atoms with Crippen LogP contribution in [0.1, 0.15) is 36.4 Å². The number of aryl methyl sites for hydroxylation is 1. The van der Waals surface area contributed by atoms with Gasteiger partial charge in [0.05, 0.1) is 0 Å². The van der Waals surface area contributed by atoms with Gasteiger partial charge in [0, 0.05) is 17.3 Å². The number of fused-ring (bicyclic) bond motifs is 1. The Labute approximate surface area is 103 Å². The fraction of sp³-hybridized carbons (Fsp3) is 0.375. The van der Waals surface area contributed by atoms with Crippen LogP contribution >= 0.6 is 0 Å². The molecule has 1 aromatic carbocycles. The van der Waals surface area contributed by atoms with Crippen LogP contribution in [-0.4, -0.2) is 4.98 Å². The van der Waals surface area contributed by atoms with E-state index in [2.05, 4.69) is 36.2 Å². The molecule has 1 aliphatic rings. The topological polar surface area (TPSA) is 12.9 Å². The molecule has 3 rings (SSSR count). The highest BCUT2D eigenvalue weighted by Crippen LogP contribution is 2.39. The van der Waals surface area contributed by atoms with Crippen LogP contribution in [0, 0.1) is 19.8 Å². The van der Waals surface area contributed by atoms with Crippen molar-refractivity contribution in [3.8, 4) is 0 Å². The number of nitrogens with zero attached hydrogens (tertiary/aromatic N) is 1. The van der Waals surface area contributed by atoms with Crippen molar-refractivity contribution in [2.24, 2.45) is 5.92 Å². The Morgan fingerprint density at radius 3 is 2.88 bits per heavy atom. The standard InChI is InChI=1S/C16H17N/c1-11-4-3-5-15(11)14-7-6-13-8-9-17-12(2)16(13)10-14/h1,6-11,15H,3-5H2,2H3. The van der Waals surface area contributed by atoms with E-state index in [1.54, 1.807) is 0 Å². The quantitative estimate of drug-likeness (QED) is 0.708. The van der Waals surface area contributed by atoms with Crippen LogP contribution in [0.25, 0.3) is 10.8 Å². The maximum atomic E-state index is 6.18.